The molecule has 1 atom stereocenters. The number of alkyl halides is 1. The molecule has 1 unspecified atom stereocenters. The first kappa shape index (κ1) is 14.2. The van der Waals surface area contributed by atoms with Gasteiger partial charge in [0.2, 0.25) is 0 Å². The first-order chi connectivity index (χ1) is 10.2. The van der Waals surface area contributed by atoms with E-state index in [0.717, 1.165) is 29.0 Å². The Morgan fingerprint density at radius 3 is 2.67 bits per heavy atom. The quantitative estimate of drug-likeness (QED) is 0.777. The van der Waals surface area contributed by atoms with E-state index in [2.05, 4.69) is 0 Å². The molecule has 1 aliphatic rings. The fraction of sp³-hybridized carbons (Fsp3) is 0.294. The van der Waals surface area contributed by atoms with Crippen LogP contribution in [0.25, 0.3) is 0 Å². The lowest BCUT2D eigenvalue weighted by Gasteiger charge is -2.13. The van der Waals surface area contributed by atoms with Crippen molar-refractivity contribution in [2.75, 3.05) is 13.2 Å². The minimum absolute atomic E-state index is 0.232. The third kappa shape index (κ3) is 3.48. The summed E-state index contributed by atoms with van der Waals surface area (Å²) in [6.45, 7) is 1.31. The van der Waals surface area contributed by atoms with Crippen LogP contribution in [0.2, 0.25) is 0 Å². The second kappa shape index (κ2) is 6.35. The number of fused-ring (bicyclic) bond motifs is 1. The molecule has 1 aliphatic heterocycles. The van der Waals surface area contributed by atoms with Gasteiger partial charge in [-0.1, -0.05) is 18.2 Å². The summed E-state index contributed by atoms with van der Waals surface area (Å²) in [5.74, 6) is 1.25. The van der Waals surface area contributed by atoms with Crippen LogP contribution < -0.4 is 9.47 Å². The van der Waals surface area contributed by atoms with Crippen molar-refractivity contribution in [2.24, 2.45) is 0 Å². The van der Waals surface area contributed by atoms with E-state index in [-0.39, 0.29) is 11.2 Å². The molecular formula is C17H16ClFO2. The first-order valence-electron chi connectivity index (χ1n) is 7.00. The van der Waals surface area contributed by atoms with Crippen LogP contribution in [0.15, 0.2) is 42.5 Å². The molecule has 2 aromatic rings. The van der Waals surface area contributed by atoms with Crippen molar-refractivity contribution in [3.8, 4) is 11.5 Å². The lowest BCUT2D eigenvalue weighted by Crippen LogP contribution is -1.98. The van der Waals surface area contributed by atoms with E-state index in [4.69, 9.17) is 21.1 Å². The van der Waals surface area contributed by atoms with Crippen LogP contribution in [0.1, 0.15) is 22.9 Å². The fourth-order valence-electron chi connectivity index (χ4n) is 2.36. The summed E-state index contributed by atoms with van der Waals surface area (Å²) in [6.07, 6.45) is 1.44. The minimum Gasteiger partial charge on any atom is -0.490 e. The van der Waals surface area contributed by atoms with Crippen molar-refractivity contribution in [1.82, 2.24) is 0 Å². The lowest BCUT2D eigenvalue weighted by molar-refractivity contribution is 0.297. The summed E-state index contributed by atoms with van der Waals surface area (Å²) in [5, 5.41) is -0.232. The summed E-state index contributed by atoms with van der Waals surface area (Å²) in [5.41, 5.74) is 1.83. The van der Waals surface area contributed by atoms with Crippen LogP contribution >= 0.6 is 11.6 Å². The summed E-state index contributed by atoms with van der Waals surface area (Å²) in [4.78, 5) is 0. The van der Waals surface area contributed by atoms with Crippen molar-refractivity contribution in [3.05, 3.63) is 59.4 Å². The number of halogens is 2. The van der Waals surface area contributed by atoms with Gasteiger partial charge in [0.05, 0.1) is 18.6 Å². The molecule has 0 N–H and O–H groups in total. The maximum absolute atomic E-state index is 13.2. The zero-order valence-corrected chi connectivity index (χ0v) is 12.3. The van der Waals surface area contributed by atoms with Crippen LogP contribution in [0, 0.1) is 5.82 Å². The topological polar surface area (TPSA) is 18.5 Å². The SMILES string of the molecule is Fc1cccc(CC(Cl)c2ccc3c(c2)OCCCO3)c1. The highest BCUT2D eigenvalue weighted by Gasteiger charge is 2.15. The molecule has 0 saturated heterocycles. The summed E-state index contributed by atoms with van der Waals surface area (Å²) < 4.78 is 24.5. The lowest BCUT2D eigenvalue weighted by atomic mass is 10.0. The number of benzene rings is 2. The second-order valence-electron chi connectivity index (χ2n) is 5.06. The van der Waals surface area contributed by atoms with E-state index in [1.807, 2.05) is 24.3 Å². The average molecular weight is 307 g/mol. The molecule has 0 saturated carbocycles. The molecule has 0 aromatic heterocycles. The van der Waals surface area contributed by atoms with Crippen molar-refractivity contribution in [1.29, 1.82) is 0 Å². The van der Waals surface area contributed by atoms with E-state index in [1.165, 1.54) is 12.1 Å². The molecule has 0 aliphatic carbocycles. The number of hydrogen-bond donors (Lipinski definition) is 0. The third-order valence-electron chi connectivity index (χ3n) is 3.44. The van der Waals surface area contributed by atoms with Gasteiger partial charge in [0.15, 0.2) is 11.5 Å². The fourth-order valence-corrected chi connectivity index (χ4v) is 2.68. The Morgan fingerprint density at radius 2 is 1.86 bits per heavy atom. The number of hydrogen-bond acceptors (Lipinski definition) is 2. The second-order valence-corrected chi connectivity index (χ2v) is 5.59. The highest BCUT2D eigenvalue weighted by atomic mass is 35.5. The van der Waals surface area contributed by atoms with Gasteiger partial charge in [-0.05, 0) is 41.8 Å². The molecule has 0 amide bonds. The first-order valence-corrected chi connectivity index (χ1v) is 7.44. The third-order valence-corrected chi connectivity index (χ3v) is 3.84. The smallest absolute Gasteiger partial charge is 0.161 e. The van der Waals surface area contributed by atoms with Crippen molar-refractivity contribution < 1.29 is 13.9 Å². The Balaban J connectivity index is 1.78. The van der Waals surface area contributed by atoms with Crippen molar-refractivity contribution in [3.63, 3.8) is 0 Å². The molecule has 2 aromatic carbocycles. The largest absolute Gasteiger partial charge is 0.490 e. The van der Waals surface area contributed by atoms with Crippen molar-refractivity contribution >= 4 is 11.6 Å². The van der Waals surface area contributed by atoms with Gasteiger partial charge in [-0.25, -0.2) is 4.39 Å². The number of rotatable bonds is 3. The average Bonchev–Trinajstić information content (AvgIpc) is 2.71. The van der Waals surface area contributed by atoms with Crippen molar-refractivity contribution in [2.45, 2.75) is 18.2 Å². The van der Waals surface area contributed by atoms with Crippen LogP contribution in [0.5, 0.6) is 11.5 Å². The van der Waals surface area contributed by atoms with E-state index in [1.54, 1.807) is 6.07 Å². The van der Waals surface area contributed by atoms with Crippen LogP contribution in [0.4, 0.5) is 4.39 Å². The molecular weight excluding hydrogens is 291 g/mol. The predicted octanol–water partition coefficient (Wildman–Crippen LogP) is 4.51. The molecule has 21 heavy (non-hydrogen) atoms. The molecule has 110 valence electrons. The van der Waals surface area contributed by atoms with Gasteiger partial charge in [0, 0.05) is 6.42 Å². The molecule has 4 heteroatoms. The Morgan fingerprint density at radius 1 is 1.05 bits per heavy atom. The van der Waals surface area contributed by atoms with Gasteiger partial charge in [-0.15, -0.1) is 11.6 Å². The monoisotopic (exact) mass is 306 g/mol. The van der Waals surface area contributed by atoms with Gasteiger partial charge >= 0.3 is 0 Å². The molecule has 0 radical (unpaired) electrons. The Labute approximate surface area is 128 Å². The zero-order chi connectivity index (χ0) is 14.7. The van der Waals surface area contributed by atoms with Gasteiger partial charge in [-0.2, -0.15) is 0 Å². The number of ether oxygens (including phenoxy) is 2. The van der Waals surface area contributed by atoms with E-state index >= 15 is 0 Å². The van der Waals surface area contributed by atoms with Crippen LogP contribution in [0.3, 0.4) is 0 Å². The molecule has 0 spiro atoms. The molecule has 3 rings (SSSR count). The van der Waals surface area contributed by atoms with E-state index in [9.17, 15) is 4.39 Å². The molecule has 2 nitrogen and oxygen atoms in total. The Kier molecular flexibility index (Phi) is 4.30. The summed E-state index contributed by atoms with van der Waals surface area (Å²) in [6, 6.07) is 12.3. The Hall–Kier alpha value is -1.74. The highest BCUT2D eigenvalue weighted by molar-refractivity contribution is 6.21. The summed E-state index contributed by atoms with van der Waals surface area (Å²) >= 11 is 6.46. The van der Waals surface area contributed by atoms with Crippen LogP contribution in [-0.4, -0.2) is 13.2 Å². The van der Waals surface area contributed by atoms with Gasteiger partial charge in [0.1, 0.15) is 5.82 Å². The van der Waals surface area contributed by atoms with E-state index < -0.39 is 0 Å². The molecule has 1 heterocycles. The van der Waals surface area contributed by atoms with Gasteiger partial charge in [0.25, 0.3) is 0 Å². The molecule has 0 bridgehead atoms. The molecule has 0 fully saturated rings. The predicted molar refractivity (Wildman–Crippen MR) is 80.7 cm³/mol. The Bertz CT molecular complexity index is 630. The maximum atomic E-state index is 13.2. The normalized spacial score (nSPS) is 15.3. The van der Waals surface area contributed by atoms with E-state index in [0.29, 0.717) is 19.6 Å². The highest BCUT2D eigenvalue weighted by Crippen LogP contribution is 2.35. The van der Waals surface area contributed by atoms with Gasteiger partial charge in [-0.3, -0.25) is 0 Å². The maximum Gasteiger partial charge on any atom is 0.161 e. The zero-order valence-electron chi connectivity index (χ0n) is 11.5. The minimum atomic E-state index is -0.241. The standard InChI is InChI=1S/C17H16ClFO2/c18-15(10-12-3-1-4-14(19)9-12)13-5-6-16-17(11-13)21-8-2-7-20-16/h1,3-6,9,11,15H,2,7-8,10H2. The summed E-state index contributed by atoms with van der Waals surface area (Å²) in [7, 11) is 0. The van der Waals surface area contributed by atoms with Gasteiger partial charge < -0.3 is 9.47 Å². The van der Waals surface area contributed by atoms with Crippen LogP contribution in [-0.2, 0) is 6.42 Å².